The summed E-state index contributed by atoms with van der Waals surface area (Å²) in [7, 11) is 0. The molecule has 4 nitrogen and oxygen atoms in total. The second-order valence-electron chi connectivity index (χ2n) is 22.6. The van der Waals surface area contributed by atoms with Crippen molar-refractivity contribution in [3.05, 3.63) is 0 Å². The summed E-state index contributed by atoms with van der Waals surface area (Å²) in [5, 5.41) is 23.4. The normalized spacial score (nSPS) is 12.6. The van der Waals surface area contributed by atoms with Crippen LogP contribution in [0.2, 0.25) is 0 Å². The highest BCUT2D eigenvalue weighted by Gasteiger charge is 2.20. The van der Waals surface area contributed by atoms with Crippen LogP contribution >= 0.6 is 0 Å². The van der Waals surface area contributed by atoms with Gasteiger partial charge in [-0.15, -0.1) is 0 Å². The monoisotopic (exact) mass is 960 g/mol. The predicted octanol–water partition coefficient (Wildman–Crippen LogP) is 21.5. The Balaban J connectivity index is 3.37. The molecule has 0 aliphatic heterocycles. The van der Waals surface area contributed by atoms with Gasteiger partial charge in [-0.1, -0.05) is 367 Å². The molecule has 0 saturated heterocycles. The molecule has 0 aromatic rings. The molecule has 0 spiro atoms. The number of nitrogens with one attached hydrogen (secondary N) is 1. The van der Waals surface area contributed by atoms with E-state index in [9.17, 15) is 15.0 Å². The maximum absolute atomic E-state index is 12.5. The van der Waals surface area contributed by atoms with Crippen LogP contribution in [0.25, 0.3) is 0 Å². The van der Waals surface area contributed by atoms with Crippen LogP contribution in [0.3, 0.4) is 0 Å². The summed E-state index contributed by atoms with van der Waals surface area (Å²) in [6, 6.07) is -0.532. The minimum atomic E-state index is -0.656. The Morgan fingerprint density at radius 3 is 0.662 bits per heavy atom. The fraction of sp³-hybridized carbons (Fsp3) is 0.984. The Hall–Kier alpha value is -0.610. The number of carbonyl (C=O) groups is 1. The molecule has 0 heterocycles. The summed E-state index contributed by atoms with van der Waals surface area (Å²) in [4.78, 5) is 12.5. The maximum atomic E-state index is 12.5. The Kier molecular flexibility index (Phi) is 60.1. The van der Waals surface area contributed by atoms with Crippen molar-refractivity contribution in [2.75, 3.05) is 6.61 Å². The van der Waals surface area contributed by atoms with E-state index < -0.39 is 12.1 Å². The van der Waals surface area contributed by atoms with Crippen molar-refractivity contribution >= 4 is 5.91 Å². The van der Waals surface area contributed by atoms with Crippen molar-refractivity contribution in [3.63, 3.8) is 0 Å². The van der Waals surface area contributed by atoms with Gasteiger partial charge in [0.2, 0.25) is 5.91 Å². The van der Waals surface area contributed by atoms with E-state index in [1.54, 1.807) is 0 Å². The van der Waals surface area contributed by atoms with Gasteiger partial charge in [0.15, 0.2) is 0 Å². The molecule has 0 saturated carbocycles. The first-order valence-corrected chi connectivity index (χ1v) is 32.2. The van der Waals surface area contributed by atoms with Gasteiger partial charge in [0.1, 0.15) is 0 Å². The van der Waals surface area contributed by atoms with E-state index in [1.165, 1.54) is 334 Å². The van der Waals surface area contributed by atoms with Crippen LogP contribution in [0.4, 0.5) is 0 Å². The fourth-order valence-electron chi connectivity index (χ4n) is 10.7. The van der Waals surface area contributed by atoms with Gasteiger partial charge in [0.25, 0.3) is 0 Å². The number of carbonyl (C=O) groups excluding carboxylic acids is 1. The quantitative estimate of drug-likeness (QED) is 0.0532. The number of rotatable bonds is 61. The van der Waals surface area contributed by atoms with Gasteiger partial charge in [0.05, 0.1) is 18.8 Å². The number of amides is 1. The molecule has 0 fully saturated rings. The van der Waals surface area contributed by atoms with E-state index in [2.05, 4.69) is 19.2 Å². The van der Waals surface area contributed by atoms with E-state index in [4.69, 9.17) is 0 Å². The molecule has 1 amide bonds. The topological polar surface area (TPSA) is 69.6 Å². The highest BCUT2D eigenvalue weighted by molar-refractivity contribution is 5.76. The Bertz CT molecular complexity index is 910. The lowest BCUT2D eigenvalue weighted by Crippen LogP contribution is -2.45. The van der Waals surface area contributed by atoms with Crippen LogP contribution in [0, 0.1) is 0 Å². The molecular formula is C64H129NO3. The van der Waals surface area contributed by atoms with Gasteiger partial charge >= 0.3 is 0 Å². The third-order valence-electron chi connectivity index (χ3n) is 15.6. The Morgan fingerprint density at radius 1 is 0.294 bits per heavy atom. The maximum Gasteiger partial charge on any atom is 0.220 e. The molecule has 0 aliphatic carbocycles. The second kappa shape index (κ2) is 60.7. The van der Waals surface area contributed by atoms with Gasteiger partial charge in [-0.25, -0.2) is 0 Å². The average molecular weight is 961 g/mol. The van der Waals surface area contributed by atoms with Crippen LogP contribution in [0.1, 0.15) is 386 Å². The SMILES string of the molecule is CCCCCCCCCCCCCCCCCCCCCCCCCCCCCCCCCC(=O)NC(CO)C(O)CCCCCCCCCCCCCCCCCCCCCCCCCCC. The van der Waals surface area contributed by atoms with Crippen molar-refractivity contribution in [2.24, 2.45) is 0 Å². The average Bonchev–Trinajstić information content (AvgIpc) is 3.34. The van der Waals surface area contributed by atoms with Gasteiger partial charge in [-0.3, -0.25) is 4.79 Å². The highest BCUT2D eigenvalue weighted by atomic mass is 16.3. The summed E-state index contributed by atoms with van der Waals surface area (Å²) in [6.07, 6.45) is 78.5. The summed E-state index contributed by atoms with van der Waals surface area (Å²) in [5.41, 5.74) is 0. The molecule has 2 atom stereocenters. The molecule has 3 N–H and O–H groups in total. The largest absolute Gasteiger partial charge is 0.394 e. The number of hydrogen-bond acceptors (Lipinski definition) is 3. The molecule has 0 bridgehead atoms. The van der Waals surface area contributed by atoms with Crippen molar-refractivity contribution in [1.29, 1.82) is 0 Å². The van der Waals surface area contributed by atoms with Gasteiger partial charge < -0.3 is 15.5 Å². The molecule has 68 heavy (non-hydrogen) atoms. The molecule has 2 unspecified atom stereocenters. The summed E-state index contributed by atoms with van der Waals surface area (Å²) in [5.74, 6) is -0.0201. The Labute approximate surface area is 429 Å². The molecule has 0 rings (SSSR count). The van der Waals surface area contributed by atoms with Crippen LogP contribution in [0.5, 0.6) is 0 Å². The lowest BCUT2D eigenvalue weighted by molar-refractivity contribution is -0.123. The molecular weight excluding hydrogens is 831 g/mol. The zero-order valence-corrected chi connectivity index (χ0v) is 47.2. The van der Waals surface area contributed by atoms with Crippen molar-refractivity contribution in [3.8, 4) is 0 Å². The van der Waals surface area contributed by atoms with Crippen molar-refractivity contribution in [1.82, 2.24) is 5.32 Å². The van der Waals surface area contributed by atoms with E-state index in [0.29, 0.717) is 12.8 Å². The molecule has 0 radical (unpaired) electrons. The van der Waals surface area contributed by atoms with Crippen LogP contribution in [-0.2, 0) is 4.79 Å². The molecule has 408 valence electrons. The number of aliphatic hydroxyl groups is 2. The Morgan fingerprint density at radius 2 is 0.471 bits per heavy atom. The molecule has 0 aromatic carbocycles. The standard InChI is InChI=1S/C64H129NO3/c1-3-5-7-9-11-13-15-17-19-21-23-25-27-29-30-31-32-33-34-36-38-40-42-44-46-48-50-52-54-56-58-60-64(68)65-62(61-66)63(67)59-57-55-53-51-49-47-45-43-41-39-37-35-28-26-24-22-20-18-16-14-12-10-8-6-4-2/h62-63,66-67H,3-61H2,1-2H3,(H,65,68). The van der Waals surface area contributed by atoms with E-state index in [0.717, 1.165) is 25.7 Å². The first-order chi connectivity index (χ1) is 33.7. The smallest absolute Gasteiger partial charge is 0.220 e. The van der Waals surface area contributed by atoms with Crippen LogP contribution in [-0.4, -0.2) is 34.9 Å². The summed E-state index contributed by atoms with van der Waals surface area (Å²) < 4.78 is 0. The third kappa shape index (κ3) is 56.3. The van der Waals surface area contributed by atoms with Crippen LogP contribution < -0.4 is 5.32 Å². The number of aliphatic hydroxyl groups excluding tert-OH is 2. The van der Waals surface area contributed by atoms with E-state index in [-0.39, 0.29) is 12.5 Å². The number of hydrogen-bond donors (Lipinski definition) is 3. The lowest BCUT2D eigenvalue weighted by Gasteiger charge is -2.22. The minimum Gasteiger partial charge on any atom is -0.394 e. The zero-order valence-electron chi connectivity index (χ0n) is 47.2. The highest BCUT2D eigenvalue weighted by Crippen LogP contribution is 2.19. The zero-order chi connectivity index (χ0) is 49.2. The minimum absolute atomic E-state index is 0.0201. The fourth-order valence-corrected chi connectivity index (χ4v) is 10.7. The first kappa shape index (κ1) is 67.4. The predicted molar refractivity (Wildman–Crippen MR) is 304 cm³/mol. The number of unbranched alkanes of at least 4 members (excludes halogenated alkanes) is 54. The third-order valence-corrected chi connectivity index (χ3v) is 15.6. The van der Waals surface area contributed by atoms with Crippen molar-refractivity contribution < 1.29 is 15.0 Å². The van der Waals surface area contributed by atoms with E-state index in [1.807, 2.05) is 0 Å². The van der Waals surface area contributed by atoms with Crippen LogP contribution in [0.15, 0.2) is 0 Å². The second-order valence-corrected chi connectivity index (χ2v) is 22.6. The lowest BCUT2D eigenvalue weighted by atomic mass is 10.0. The molecule has 0 aliphatic rings. The summed E-state index contributed by atoms with van der Waals surface area (Å²) in [6.45, 7) is 4.42. The van der Waals surface area contributed by atoms with Gasteiger partial charge in [0, 0.05) is 6.42 Å². The van der Waals surface area contributed by atoms with Gasteiger partial charge in [-0.05, 0) is 12.8 Å². The summed E-state index contributed by atoms with van der Waals surface area (Å²) >= 11 is 0. The molecule has 0 aromatic heterocycles. The molecule has 4 heteroatoms. The van der Waals surface area contributed by atoms with Gasteiger partial charge in [-0.2, -0.15) is 0 Å². The van der Waals surface area contributed by atoms with Crippen molar-refractivity contribution in [2.45, 2.75) is 398 Å². The van der Waals surface area contributed by atoms with E-state index >= 15 is 0 Å². The first-order valence-electron chi connectivity index (χ1n) is 32.2.